The first-order valence-corrected chi connectivity index (χ1v) is 7.27. The summed E-state index contributed by atoms with van der Waals surface area (Å²) in [7, 11) is 0. The summed E-state index contributed by atoms with van der Waals surface area (Å²) in [6.07, 6.45) is -4.78. The highest BCUT2D eigenvalue weighted by Gasteiger charge is 2.37. The fourth-order valence-corrected chi connectivity index (χ4v) is 3.14. The molecule has 22 heavy (non-hydrogen) atoms. The van der Waals surface area contributed by atoms with Crippen molar-refractivity contribution in [1.82, 2.24) is 0 Å². The SMILES string of the molecule is O=C1CSc2cc(-c3cccc(F)c3C(F)(F)F)ccc2N1. The van der Waals surface area contributed by atoms with E-state index in [2.05, 4.69) is 5.32 Å². The molecule has 0 unspecified atom stereocenters. The fraction of sp³-hybridized carbons (Fsp3) is 0.133. The van der Waals surface area contributed by atoms with Gasteiger partial charge in [-0.05, 0) is 29.3 Å². The Kier molecular flexibility index (Phi) is 3.60. The molecule has 0 saturated carbocycles. The van der Waals surface area contributed by atoms with Crippen molar-refractivity contribution >= 4 is 23.4 Å². The van der Waals surface area contributed by atoms with E-state index in [1.54, 1.807) is 0 Å². The van der Waals surface area contributed by atoms with Crippen LogP contribution in [-0.2, 0) is 11.0 Å². The third kappa shape index (κ3) is 2.68. The summed E-state index contributed by atoms with van der Waals surface area (Å²) in [5, 5.41) is 2.64. The van der Waals surface area contributed by atoms with Gasteiger partial charge in [0.15, 0.2) is 0 Å². The lowest BCUT2D eigenvalue weighted by molar-refractivity contribution is -0.139. The highest BCUT2D eigenvalue weighted by molar-refractivity contribution is 8.00. The van der Waals surface area contributed by atoms with E-state index in [1.807, 2.05) is 0 Å². The largest absolute Gasteiger partial charge is 0.419 e. The van der Waals surface area contributed by atoms with E-state index in [0.29, 0.717) is 10.6 Å². The summed E-state index contributed by atoms with van der Waals surface area (Å²) >= 11 is 1.24. The zero-order chi connectivity index (χ0) is 15.9. The van der Waals surface area contributed by atoms with Crippen molar-refractivity contribution < 1.29 is 22.4 Å². The Bertz CT molecular complexity index is 758. The average molecular weight is 327 g/mol. The van der Waals surface area contributed by atoms with Crippen LogP contribution in [0.15, 0.2) is 41.3 Å². The molecule has 114 valence electrons. The number of carbonyl (C=O) groups excluding carboxylic acids is 1. The van der Waals surface area contributed by atoms with Gasteiger partial charge in [-0.3, -0.25) is 4.79 Å². The van der Waals surface area contributed by atoms with Crippen LogP contribution in [0.1, 0.15) is 5.56 Å². The smallest absolute Gasteiger partial charge is 0.324 e. The van der Waals surface area contributed by atoms with Crippen LogP contribution in [0.4, 0.5) is 23.2 Å². The molecule has 0 fully saturated rings. The van der Waals surface area contributed by atoms with Gasteiger partial charge in [-0.15, -0.1) is 11.8 Å². The van der Waals surface area contributed by atoms with Crippen molar-refractivity contribution in [3.8, 4) is 11.1 Å². The molecule has 1 aliphatic rings. The topological polar surface area (TPSA) is 29.1 Å². The fourth-order valence-electron chi connectivity index (χ4n) is 2.29. The van der Waals surface area contributed by atoms with E-state index in [4.69, 9.17) is 0 Å². The number of anilines is 1. The van der Waals surface area contributed by atoms with Crippen LogP contribution >= 0.6 is 11.8 Å². The first-order valence-electron chi connectivity index (χ1n) is 6.29. The van der Waals surface area contributed by atoms with E-state index in [0.717, 1.165) is 6.07 Å². The Morgan fingerprint density at radius 2 is 1.91 bits per heavy atom. The van der Waals surface area contributed by atoms with E-state index >= 15 is 0 Å². The molecule has 1 heterocycles. The van der Waals surface area contributed by atoms with Gasteiger partial charge in [0, 0.05) is 4.90 Å². The second-order valence-electron chi connectivity index (χ2n) is 4.71. The van der Waals surface area contributed by atoms with Crippen molar-refractivity contribution in [2.75, 3.05) is 11.1 Å². The van der Waals surface area contributed by atoms with Gasteiger partial charge in [-0.25, -0.2) is 4.39 Å². The van der Waals surface area contributed by atoms with Crippen LogP contribution in [0.2, 0.25) is 0 Å². The Hall–Kier alpha value is -2.02. The van der Waals surface area contributed by atoms with Crippen molar-refractivity contribution in [1.29, 1.82) is 0 Å². The predicted octanol–water partition coefficient (Wildman–Crippen LogP) is 4.56. The molecule has 3 rings (SSSR count). The minimum Gasteiger partial charge on any atom is -0.324 e. The van der Waals surface area contributed by atoms with Gasteiger partial charge < -0.3 is 5.32 Å². The van der Waals surface area contributed by atoms with Crippen molar-refractivity contribution in [3.05, 3.63) is 47.8 Å². The van der Waals surface area contributed by atoms with Gasteiger partial charge in [0.05, 0.1) is 17.0 Å². The number of hydrogen-bond acceptors (Lipinski definition) is 2. The number of fused-ring (bicyclic) bond motifs is 1. The van der Waals surface area contributed by atoms with E-state index < -0.39 is 17.6 Å². The number of halogens is 4. The number of benzene rings is 2. The molecule has 1 aliphatic heterocycles. The number of thioether (sulfide) groups is 1. The molecule has 2 aromatic carbocycles. The molecular formula is C15H9F4NOS. The number of nitrogens with one attached hydrogen (secondary N) is 1. The molecule has 2 aromatic rings. The molecule has 7 heteroatoms. The maximum atomic E-state index is 13.6. The van der Waals surface area contributed by atoms with E-state index in [1.165, 1.54) is 42.1 Å². The third-order valence-electron chi connectivity index (χ3n) is 3.22. The third-order valence-corrected chi connectivity index (χ3v) is 4.28. The normalized spacial score (nSPS) is 14.5. The molecule has 0 spiro atoms. The lowest BCUT2D eigenvalue weighted by atomic mass is 9.98. The predicted molar refractivity (Wildman–Crippen MR) is 76.2 cm³/mol. The highest BCUT2D eigenvalue weighted by atomic mass is 32.2. The van der Waals surface area contributed by atoms with Gasteiger partial charge in [-0.1, -0.05) is 18.2 Å². The summed E-state index contributed by atoms with van der Waals surface area (Å²) in [5.74, 6) is -1.26. The average Bonchev–Trinajstić information content (AvgIpc) is 2.45. The minimum absolute atomic E-state index is 0.160. The summed E-state index contributed by atoms with van der Waals surface area (Å²) in [4.78, 5) is 11.9. The van der Waals surface area contributed by atoms with Crippen molar-refractivity contribution in [2.24, 2.45) is 0 Å². The molecule has 0 bridgehead atoms. The van der Waals surface area contributed by atoms with Crippen LogP contribution < -0.4 is 5.32 Å². The van der Waals surface area contributed by atoms with Gasteiger partial charge in [0.1, 0.15) is 5.82 Å². The minimum atomic E-state index is -4.78. The summed E-state index contributed by atoms with van der Waals surface area (Å²) in [6, 6.07) is 7.77. The molecule has 0 aliphatic carbocycles. The number of rotatable bonds is 1. The van der Waals surface area contributed by atoms with Crippen LogP contribution in [0.3, 0.4) is 0 Å². The second kappa shape index (κ2) is 5.31. The molecule has 1 N–H and O–H groups in total. The number of hydrogen-bond donors (Lipinski definition) is 1. The Morgan fingerprint density at radius 3 is 2.64 bits per heavy atom. The number of amides is 1. The molecule has 1 amide bonds. The Labute approximate surface area is 127 Å². The first kappa shape index (κ1) is 14.9. The standard InChI is InChI=1S/C15H9F4NOS/c16-10-3-1-2-9(14(10)15(17,18)19)8-4-5-11-12(6-8)22-7-13(21)20-11/h1-6H,7H2,(H,20,21). The van der Waals surface area contributed by atoms with E-state index in [-0.39, 0.29) is 22.8 Å². The van der Waals surface area contributed by atoms with E-state index in [9.17, 15) is 22.4 Å². The van der Waals surface area contributed by atoms with Crippen molar-refractivity contribution in [2.45, 2.75) is 11.1 Å². The van der Waals surface area contributed by atoms with Crippen LogP contribution in [-0.4, -0.2) is 11.7 Å². The Balaban J connectivity index is 2.13. The number of carbonyl (C=O) groups is 1. The monoisotopic (exact) mass is 327 g/mol. The summed E-state index contributed by atoms with van der Waals surface area (Å²) in [6.45, 7) is 0. The lowest BCUT2D eigenvalue weighted by Crippen LogP contribution is -2.18. The highest BCUT2D eigenvalue weighted by Crippen LogP contribution is 2.41. The second-order valence-corrected chi connectivity index (χ2v) is 5.73. The number of alkyl halides is 3. The van der Waals surface area contributed by atoms with Gasteiger partial charge >= 0.3 is 6.18 Å². The molecule has 0 saturated heterocycles. The lowest BCUT2D eigenvalue weighted by Gasteiger charge is -2.19. The maximum absolute atomic E-state index is 13.6. The summed E-state index contributed by atoms with van der Waals surface area (Å²) < 4.78 is 52.9. The quantitative estimate of drug-likeness (QED) is 0.778. The van der Waals surface area contributed by atoms with Crippen LogP contribution in [0, 0.1) is 5.82 Å². The van der Waals surface area contributed by atoms with Crippen LogP contribution in [0.25, 0.3) is 11.1 Å². The summed E-state index contributed by atoms with van der Waals surface area (Å²) in [5.41, 5.74) is -0.684. The zero-order valence-corrected chi connectivity index (χ0v) is 11.8. The molecular weight excluding hydrogens is 318 g/mol. The van der Waals surface area contributed by atoms with Crippen molar-refractivity contribution in [3.63, 3.8) is 0 Å². The van der Waals surface area contributed by atoms with Crippen LogP contribution in [0.5, 0.6) is 0 Å². The zero-order valence-electron chi connectivity index (χ0n) is 11.0. The maximum Gasteiger partial charge on any atom is 0.419 e. The van der Waals surface area contributed by atoms with Gasteiger partial charge in [-0.2, -0.15) is 13.2 Å². The Morgan fingerprint density at radius 1 is 1.14 bits per heavy atom. The van der Waals surface area contributed by atoms with Gasteiger partial charge in [0.25, 0.3) is 0 Å². The first-order chi connectivity index (χ1) is 10.4. The molecule has 0 aromatic heterocycles. The molecule has 2 nitrogen and oxygen atoms in total. The molecule has 0 atom stereocenters. The van der Waals surface area contributed by atoms with Gasteiger partial charge in [0.2, 0.25) is 5.91 Å². The molecule has 0 radical (unpaired) electrons.